The summed E-state index contributed by atoms with van der Waals surface area (Å²) in [4.78, 5) is 49.1. The number of carbonyl (C=O) groups excluding carboxylic acids is 4. The molecular weight excluding hydrogens is 378 g/mol. The van der Waals surface area contributed by atoms with Crippen LogP contribution in [0.2, 0.25) is 0 Å². The van der Waals surface area contributed by atoms with Crippen molar-refractivity contribution in [1.29, 1.82) is 0 Å². The van der Waals surface area contributed by atoms with Gasteiger partial charge in [-0.05, 0) is 31.4 Å². The fourth-order valence-corrected chi connectivity index (χ4v) is 3.56. The van der Waals surface area contributed by atoms with E-state index in [9.17, 15) is 19.2 Å². The molecule has 4 amide bonds. The Kier molecular flexibility index (Phi) is 6.36. The van der Waals surface area contributed by atoms with Crippen LogP contribution in [-0.2, 0) is 19.1 Å². The highest BCUT2D eigenvalue weighted by Crippen LogP contribution is 2.32. The Balaban J connectivity index is 1.50. The van der Waals surface area contributed by atoms with Crippen molar-refractivity contribution in [2.24, 2.45) is 0 Å². The Bertz CT molecular complexity index is 776. The molecule has 2 aliphatic rings. The van der Waals surface area contributed by atoms with Crippen LogP contribution >= 0.6 is 0 Å². The van der Waals surface area contributed by atoms with Crippen LogP contribution in [0.3, 0.4) is 0 Å². The van der Waals surface area contributed by atoms with Crippen LogP contribution in [0, 0.1) is 0 Å². The Morgan fingerprint density at radius 1 is 1.17 bits per heavy atom. The third kappa shape index (κ3) is 4.67. The number of rotatable bonds is 7. The summed E-state index contributed by atoms with van der Waals surface area (Å²) < 4.78 is 10.6. The van der Waals surface area contributed by atoms with Gasteiger partial charge >= 0.3 is 12.0 Å². The quantitative estimate of drug-likeness (QED) is 0.529. The molecule has 0 unspecified atom stereocenters. The van der Waals surface area contributed by atoms with Gasteiger partial charge in [0, 0.05) is 0 Å². The van der Waals surface area contributed by atoms with Crippen molar-refractivity contribution in [3.63, 3.8) is 0 Å². The zero-order valence-corrected chi connectivity index (χ0v) is 16.3. The van der Waals surface area contributed by atoms with E-state index in [-0.39, 0.29) is 0 Å². The topological polar surface area (TPSA) is 114 Å². The molecule has 1 aromatic carbocycles. The monoisotopic (exact) mass is 403 g/mol. The summed E-state index contributed by atoms with van der Waals surface area (Å²) in [5.41, 5.74) is 1.29. The number of imide groups is 1. The Morgan fingerprint density at radius 3 is 2.52 bits per heavy atom. The lowest BCUT2D eigenvalue weighted by Gasteiger charge is -2.30. The number of hydrogen-bond acceptors (Lipinski definition) is 6. The SMILES string of the molecule is CC[C@H](Oc1ccccc1)C(=O)OCC(=O)NN1C(=O)NC2(CCCCC2)C1=O. The maximum Gasteiger partial charge on any atom is 0.347 e. The number of benzene rings is 1. The molecule has 3 rings (SSSR count). The van der Waals surface area contributed by atoms with E-state index in [4.69, 9.17) is 9.47 Å². The summed E-state index contributed by atoms with van der Waals surface area (Å²) in [6, 6.07) is 8.12. The molecule has 1 atom stereocenters. The molecule has 0 radical (unpaired) electrons. The molecule has 1 aliphatic carbocycles. The number of ether oxygens (including phenoxy) is 2. The zero-order valence-electron chi connectivity index (χ0n) is 16.3. The van der Waals surface area contributed by atoms with E-state index in [1.165, 1.54) is 0 Å². The van der Waals surface area contributed by atoms with Gasteiger partial charge in [-0.2, -0.15) is 5.01 Å². The van der Waals surface area contributed by atoms with Crippen LogP contribution in [-0.4, -0.2) is 47.1 Å². The van der Waals surface area contributed by atoms with Crippen molar-refractivity contribution in [1.82, 2.24) is 15.8 Å². The highest BCUT2D eigenvalue weighted by atomic mass is 16.6. The number of carbonyl (C=O) groups is 4. The average molecular weight is 403 g/mol. The molecule has 2 N–H and O–H groups in total. The van der Waals surface area contributed by atoms with E-state index < -0.39 is 42.1 Å². The van der Waals surface area contributed by atoms with Crippen LogP contribution in [0.5, 0.6) is 5.75 Å². The largest absolute Gasteiger partial charge is 0.479 e. The molecule has 156 valence electrons. The minimum atomic E-state index is -0.934. The van der Waals surface area contributed by atoms with Gasteiger partial charge in [0.15, 0.2) is 12.7 Å². The van der Waals surface area contributed by atoms with Gasteiger partial charge in [-0.1, -0.05) is 44.4 Å². The van der Waals surface area contributed by atoms with Gasteiger partial charge in [0.1, 0.15) is 11.3 Å². The smallest absolute Gasteiger partial charge is 0.347 e. The summed E-state index contributed by atoms with van der Waals surface area (Å²) in [5, 5.41) is 3.37. The number of esters is 1. The van der Waals surface area contributed by atoms with Crippen LogP contribution in [0.1, 0.15) is 45.4 Å². The highest BCUT2D eigenvalue weighted by Gasteiger charge is 2.52. The van der Waals surface area contributed by atoms with Gasteiger partial charge in [-0.3, -0.25) is 15.0 Å². The first-order valence-corrected chi connectivity index (χ1v) is 9.80. The number of amides is 4. The molecule has 1 aliphatic heterocycles. The first kappa shape index (κ1) is 20.6. The molecule has 0 bridgehead atoms. The predicted octanol–water partition coefficient (Wildman–Crippen LogP) is 1.67. The maximum absolute atomic E-state index is 12.6. The third-order valence-corrected chi connectivity index (χ3v) is 5.11. The van der Waals surface area contributed by atoms with Gasteiger partial charge in [0.25, 0.3) is 11.8 Å². The van der Waals surface area contributed by atoms with E-state index >= 15 is 0 Å². The first-order valence-electron chi connectivity index (χ1n) is 9.80. The predicted molar refractivity (Wildman–Crippen MR) is 101 cm³/mol. The van der Waals surface area contributed by atoms with Gasteiger partial charge < -0.3 is 14.8 Å². The van der Waals surface area contributed by atoms with E-state index in [0.717, 1.165) is 19.3 Å². The molecule has 9 nitrogen and oxygen atoms in total. The number of nitrogens with zero attached hydrogens (tertiary/aromatic N) is 1. The summed E-state index contributed by atoms with van der Waals surface area (Å²) in [6.45, 7) is 1.13. The number of para-hydroxylation sites is 1. The first-order chi connectivity index (χ1) is 13.9. The number of urea groups is 1. The van der Waals surface area contributed by atoms with E-state index in [0.29, 0.717) is 30.0 Å². The zero-order chi connectivity index (χ0) is 20.9. The molecule has 2 fully saturated rings. The Hall–Kier alpha value is -3.10. The fraction of sp³-hybridized carbons (Fsp3) is 0.500. The molecular formula is C20H25N3O6. The highest BCUT2D eigenvalue weighted by molar-refractivity contribution is 6.08. The van der Waals surface area contributed by atoms with Crippen molar-refractivity contribution >= 4 is 23.8 Å². The van der Waals surface area contributed by atoms with Gasteiger partial charge in [0.2, 0.25) is 0 Å². The summed E-state index contributed by atoms with van der Waals surface area (Å²) in [5.74, 6) is -1.43. The van der Waals surface area contributed by atoms with Gasteiger partial charge in [0.05, 0.1) is 0 Å². The second kappa shape index (κ2) is 8.93. The van der Waals surface area contributed by atoms with E-state index in [1.54, 1.807) is 31.2 Å². The minimum absolute atomic E-state index is 0.352. The summed E-state index contributed by atoms with van der Waals surface area (Å²) in [7, 11) is 0. The lowest BCUT2D eigenvalue weighted by atomic mass is 9.82. The van der Waals surface area contributed by atoms with Crippen molar-refractivity contribution in [3.05, 3.63) is 30.3 Å². The number of hydrogen-bond donors (Lipinski definition) is 2. The molecule has 29 heavy (non-hydrogen) atoms. The van der Waals surface area contributed by atoms with Gasteiger partial charge in [-0.15, -0.1) is 0 Å². The van der Waals surface area contributed by atoms with Crippen LogP contribution in [0.15, 0.2) is 30.3 Å². The van der Waals surface area contributed by atoms with Crippen molar-refractivity contribution < 1.29 is 28.7 Å². The Morgan fingerprint density at radius 2 is 1.86 bits per heavy atom. The molecule has 1 saturated carbocycles. The fourth-order valence-electron chi connectivity index (χ4n) is 3.56. The summed E-state index contributed by atoms with van der Waals surface area (Å²) in [6.07, 6.45) is 3.27. The molecule has 9 heteroatoms. The van der Waals surface area contributed by atoms with Crippen LogP contribution < -0.4 is 15.5 Å². The van der Waals surface area contributed by atoms with E-state index in [2.05, 4.69) is 10.7 Å². The van der Waals surface area contributed by atoms with E-state index in [1.807, 2.05) is 6.07 Å². The number of hydrazine groups is 1. The molecule has 1 heterocycles. The molecule has 1 spiro atoms. The lowest BCUT2D eigenvalue weighted by molar-refractivity contribution is -0.156. The maximum atomic E-state index is 12.6. The van der Waals surface area contributed by atoms with Crippen LogP contribution in [0.25, 0.3) is 0 Å². The van der Waals surface area contributed by atoms with Gasteiger partial charge in [-0.25, -0.2) is 9.59 Å². The standard InChI is InChI=1S/C20H25N3O6/c1-2-15(29-14-9-5-3-6-10-14)17(25)28-13-16(24)22-23-18(26)20(21-19(23)27)11-7-4-8-12-20/h3,5-6,9-10,15H,2,4,7-8,11-13H2,1H3,(H,21,27)(H,22,24)/t15-/m0/s1. The van der Waals surface area contributed by atoms with Crippen LogP contribution in [0.4, 0.5) is 4.79 Å². The summed E-state index contributed by atoms with van der Waals surface area (Å²) >= 11 is 0. The van der Waals surface area contributed by atoms with Crippen molar-refractivity contribution in [3.8, 4) is 5.75 Å². The van der Waals surface area contributed by atoms with Crippen molar-refractivity contribution in [2.45, 2.75) is 57.1 Å². The average Bonchev–Trinajstić information content (AvgIpc) is 2.95. The van der Waals surface area contributed by atoms with Crippen molar-refractivity contribution in [2.75, 3.05) is 6.61 Å². The Labute approximate surface area is 168 Å². The number of nitrogens with one attached hydrogen (secondary N) is 2. The second-order valence-corrected chi connectivity index (χ2v) is 7.18. The molecule has 1 aromatic rings. The molecule has 1 saturated heterocycles. The normalized spacial score (nSPS) is 18.9. The minimum Gasteiger partial charge on any atom is -0.479 e. The lowest BCUT2D eigenvalue weighted by Crippen LogP contribution is -2.51. The molecule has 0 aromatic heterocycles. The third-order valence-electron chi connectivity index (χ3n) is 5.11. The second-order valence-electron chi connectivity index (χ2n) is 7.18.